The SMILES string of the molecule is CC[C@H]1c2ccccc2[C@@H]2C(c3ccc(C)cc3)=NO[C@@H]2N1C. The van der Waals surface area contributed by atoms with E-state index >= 15 is 0 Å². The van der Waals surface area contributed by atoms with Crippen LogP contribution in [0.15, 0.2) is 53.7 Å². The number of nitrogens with zero attached hydrogens (tertiary/aromatic N) is 2. The van der Waals surface area contributed by atoms with Crippen LogP contribution in [-0.2, 0) is 4.84 Å². The van der Waals surface area contributed by atoms with Crippen molar-refractivity contribution in [3.8, 4) is 0 Å². The van der Waals surface area contributed by atoms with Gasteiger partial charge in [0, 0.05) is 11.6 Å². The summed E-state index contributed by atoms with van der Waals surface area (Å²) < 4.78 is 0. The second-order valence-corrected chi connectivity index (χ2v) is 6.53. The van der Waals surface area contributed by atoms with Crippen molar-refractivity contribution in [3.05, 3.63) is 70.8 Å². The van der Waals surface area contributed by atoms with E-state index in [0.29, 0.717) is 6.04 Å². The molecule has 2 aliphatic rings. The Morgan fingerprint density at radius 1 is 1.04 bits per heavy atom. The summed E-state index contributed by atoms with van der Waals surface area (Å²) in [6.45, 7) is 4.34. The Morgan fingerprint density at radius 3 is 2.43 bits per heavy atom. The van der Waals surface area contributed by atoms with E-state index in [0.717, 1.165) is 17.7 Å². The maximum atomic E-state index is 5.87. The lowest BCUT2D eigenvalue weighted by Crippen LogP contribution is -2.44. The summed E-state index contributed by atoms with van der Waals surface area (Å²) in [5.74, 6) is 0.182. The summed E-state index contributed by atoms with van der Waals surface area (Å²) in [6, 6.07) is 17.7. The molecule has 0 amide bonds. The molecule has 0 aromatic heterocycles. The third kappa shape index (κ3) is 2.19. The van der Waals surface area contributed by atoms with Crippen molar-refractivity contribution in [1.29, 1.82) is 0 Å². The van der Waals surface area contributed by atoms with E-state index in [1.54, 1.807) is 0 Å². The molecule has 0 aliphatic carbocycles. The second kappa shape index (κ2) is 5.50. The third-order valence-electron chi connectivity index (χ3n) is 5.16. The van der Waals surface area contributed by atoms with Crippen molar-refractivity contribution in [3.63, 3.8) is 0 Å². The van der Waals surface area contributed by atoms with Gasteiger partial charge in [0.1, 0.15) is 0 Å². The van der Waals surface area contributed by atoms with E-state index in [4.69, 9.17) is 4.84 Å². The summed E-state index contributed by atoms with van der Waals surface area (Å²) in [5.41, 5.74) is 6.23. The second-order valence-electron chi connectivity index (χ2n) is 6.53. The van der Waals surface area contributed by atoms with Crippen molar-refractivity contribution in [2.24, 2.45) is 5.16 Å². The first-order valence-electron chi connectivity index (χ1n) is 8.32. The van der Waals surface area contributed by atoms with E-state index in [1.165, 1.54) is 16.7 Å². The van der Waals surface area contributed by atoms with Crippen LogP contribution in [0.3, 0.4) is 0 Å². The van der Waals surface area contributed by atoms with Gasteiger partial charge in [0.05, 0.1) is 11.6 Å². The Kier molecular flexibility index (Phi) is 3.46. The molecular formula is C20H22N2O. The van der Waals surface area contributed by atoms with Gasteiger partial charge in [-0.15, -0.1) is 0 Å². The molecule has 0 spiro atoms. The Labute approximate surface area is 137 Å². The van der Waals surface area contributed by atoms with Crippen LogP contribution in [0.25, 0.3) is 0 Å². The minimum Gasteiger partial charge on any atom is -0.375 e. The summed E-state index contributed by atoms with van der Waals surface area (Å²) >= 11 is 0. The van der Waals surface area contributed by atoms with E-state index in [9.17, 15) is 0 Å². The highest BCUT2D eigenvalue weighted by Gasteiger charge is 2.46. The largest absolute Gasteiger partial charge is 0.375 e. The van der Waals surface area contributed by atoms with Gasteiger partial charge in [-0.25, -0.2) is 0 Å². The lowest BCUT2D eigenvalue weighted by molar-refractivity contribution is -0.0621. The van der Waals surface area contributed by atoms with Crippen LogP contribution in [0, 0.1) is 6.92 Å². The number of hydrogen-bond donors (Lipinski definition) is 0. The predicted octanol–water partition coefficient (Wildman–Crippen LogP) is 4.24. The molecule has 0 unspecified atom stereocenters. The fourth-order valence-electron chi connectivity index (χ4n) is 3.93. The number of oxime groups is 1. The number of rotatable bonds is 2. The van der Waals surface area contributed by atoms with Crippen molar-refractivity contribution in [1.82, 2.24) is 4.90 Å². The maximum absolute atomic E-state index is 5.87. The first kappa shape index (κ1) is 14.5. The average Bonchev–Trinajstić information content (AvgIpc) is 3.02. The Morgan fingerprint density at radius 2 is 1.74 bits per heavy atom. The highest BCUT2D eigenvalue weighted by molar-refractivity contribution is 6.06. The van der Waals surface area contributed by atoms with Gasteiger partial charge in [0.2, 0.25) is 0 Å². The normalized spacial score (nSPS) is 26.2. The number of aryl methyl sites for hydroxylation is 1. The molecule has 0 radical (unpaired) electrons. The zero-order valence-electron chi connectivity index (χ0n) is 13.9. The molecular weight excluding hydrogens is 284 g/mol. The van der Waals surface area contributed by atoms with Crippen LogP contribution in [0.4, 0.5) is 0 Å². The first-order valence-corrected chi connectivity index (χ1v) is 8.32. The summed E-state index contributed by atoms with van der Waals surface area (Å²) in [5, 5.41) is 4.47. The monoisotopic (exact) mass is 306 g/mol. The van der Waals surface area contributed by atoms with E-state index < -0.39 is 0 Å². The van der Waals surface area contributed by atoms with E-state index in [2.05, 4.69) is 79.5 Å². The number of likely N-dealkylation sites (N-methyl/N-ethyl adjacent to an activating group) is 1. The molecule has 2 heterocycles. The topological polar surface area (TPSA) is 24.8 Å². The van der Waals surface area contributed by atoms with Crippen LogP contribution in [0.1, 0.15) is 47.6 Å². The van der Waals surface area contributed by atoms with Crippen LogP contribution < -0.4 is 0 Å². The van der Waals surface area contributed by atoms with Crippen molar-refractivity contribution < 1.29 is 4.84 Å². The number of benzene rings is 2. The molecule has 0 saturated carbocycles. The van der Waals surface area contributed by atoms with Gasteiger partial charge >= 0.3 is 0 Å². The van der Waals surface area contributed by atoms with Crippen molar-refractivity contribution in [2.75, 3.05) is 7.05 Å². The smallest absolute Gasteiger partial charge is 0.194 e. The lowest BCUT2D eigenvalue weighted by atomic mass is 9.79. The molecule has 3 nitrogen and oxygen atoms in total. The summed E-state index contributed by atoms with van der Waals surface area (Å²) in [7, 11) is 2.15. The maximum Gasteiger partial charge on any atom is 0.194 e. The van der Waals surface area contributed by atoms with Gasteiger partial charge < -0.3 is 4.84 Å². The molecule has 0 bridgehead atoms. The molecule has 23 heavy (non-hydrogen) atoms. The van der Waals surface area contributed by atoms with Crippen LogP contribution in [0.2, 0.25) is 0 Å². The first-order chi connectivity index (χ1) is 11.2. The zero-order chi connectivity index (χ0) is 16.0. The van der Waals surface area contributed by atoms with Gasteiger partial charge in [0.25, 0.3) is 0 Å². The quantitative estimate of drug-likeness (QED) is 0.829. The van der Waals surface area contributed by atoms with Crippen LogP contribution in [-0.4, -0.2) is 23.9 Å². The van der Waals surface area contributed by atoms with Gasteiger partial charge in [-0.2, -0.15) is 0 Å². The Hall–Kier alpha value is -2.13. The molecule has 2 aliphatic heterocycles. The van der Waals surface area contributed by atoms with Gasteiger partial charge in [-0.3, -0.25) is 4.90 Å². The standard InChI is InChI=1S/C20H22N2O/c1-4-17-15-7-5-6-8-16(15)18-19(21-23-20(18)22(17)3)14-11-9-13(2)10-12-14/h5-12,17-18,20H,4H2,1-3H3/t17-,18+,20-/m0/s1. The predicted molar refractivity (Wildman–Crippen MR) is 92.6 cm³/mol. The zero-order valence-corrected chi connectivity index (χ0v) is 13.9. The fourth-order valence-corrected chi connectivity index (χ4v) is 3.93. The number of hydrogen-bond acceptors (Lipinski definition) is 3. The van der Waals surface area contributed by atoms with Crippen LogP contribution >= 0.6 is 0 Å². The molecule has 0 N–H and O–H groups in total. The molecule has 118 valence electrons. The van der Waals surface area contributed by atoms with E-state index in [-0.39, 0.29) is 12.1 Å². The van der Waals surface area contributed by atoms with Gasteiger partial charge in [-0.05, 0) is 31.5 Å². The van der Waals surface area contributed by atoms with Crippen LogP contribution in [0.5, 0.6) is 0 Å². The van der Waals surface area contributed by atoms with Gasteiger partial charge in [-0.1, -0.05) is 66.2 Å². The molecule has 0 fully saturated rings. The van der Waals surface area contributed by atoms with Gasteiger partial charge in [0.15, 0.2) is 6.23 Å². The minimum atomic E-state index is -0.00819. The Balaban J connectivity index is 1.82. The highest BCUT2D eigenvalue weighted by atomic mass is 16.7. The molecule has 4 rings (SSSR count). The third-order valence-corrected chi connectivity index (χ3v) is 5.16. The number of fused-ring (bicyclic) bond motifs is 3. The summed E-state index contributed by atoms with van der Waals surface area (Å²) in [4.78, 5) is 8.20. The van der Waals surface area contributed by atoms with Crippen molar-refractivity contribution >= 4 is 5.71 Å². The molecule has 3 atom stereocenters. The molecule has 2 aromatic carbocycles. The minimum absolute atomic E-state index is 0.00819. The highest BCUT2D eigenvalue weighted by Crippen LogP contribution is 2.45. The lowest BCUT2D eigenvalue weighted by Gasteiger charge is -2.40. The van der Waals surface area contributed by atoms with Crippen molar-refractivity contribution in [2.45, 2.75) is 38.5 Å². The summed E-state index contributed by atoms with van der Waals surface area (Å²) in [6.07, 6.45) is 1.06. The fraction of sp³-hybridized carbons (Fsp3) is 0.350. The molecule has 2 aromatic rings. The average molecular weight is 306 g/mol. The van der Waals surface area contributed by atoms with E-state index in [1.807, 2.05) is 0 Å². The molecule has 3 heteroatoms. The molecule has 0 saturated heterocycles. The Bertz CT molecular complexity index is 750.